The number of amides is 2. The monoisotopic (exact) mass is 460 g/mol. The Hall–Kier alpha value is -2.04. The highest BCUT2D eigenvalue weighted by Crippen LogP contribution is 2.24. The summed E-state index contributed by atoms with van der Waals surface area (Å²) in [7, 11) is 0. The van der Waals surface area contributed by atoms with E-state index in [9.17, 15) is 9.59 Å². The van der Waals surface area contributed by atoms with Crippen molar-refractivity contribution < 1.29 is 9.59 Å². The Morgan fingerprint density at radius 1 is 1.06 bits per heavy atom. The fourth-order valence-corrected chi connectivity index (χ4v) is 4.53. The number of nitrogens with one attached hydrogen (secondary N) is 1. The molecule has 0 bridgehead atoms. The molecule has 0 aromatic heterocycles. The first kappa shape index (κ1) is 23.6. The van der Waals surface area contributed by atoms with E-state index in [1.54, 1.807) is 24.0 Å². The quantitative estimate of drug-likeness (QED) is 0.574. The lowest BCUT2D eigenvalue weighted by atomic mass is 9.95. The van der Waals surface area contributed by atoms with Gasteiger partial charge in [-0.25, -0.2) is 0 Å². The highest BCUT2D eigenvalue weighted by molar-refractivity contribution is 6.35. The van der Waals surface area contributed by atoms with Gasteiger partial charge < -0.3 is 10.2 Å². The summed E-state index contributed by atoms with van der Waals surface area (Å²) in [6, 6.07) is 12.6. The molecule has 1 saturated carbocycles. The third-order valence-corrected chi connectivity index (χ3v) is 6.66. The van der Waals surface area contributed by atoms with E-state index in [0.29, 0.717) is 10.0 Å². The van der Waals surface area contributed by atoms with Crippen molar-refractivity contribution in [1.82, 2.24) is 10.2 Å². The number of carbonyl (C=O) groups excluding carboxylic acids is 2. The van der Waals surface area contributed by atoms with Crippen molar-refractivity contribution in [2.45, 2.75) is 71.0 Å². The van der Waals surface area contributed by atoms with E-state index >= 15 is 0 Å². The number of carbonyl (C=O) groups is 2. The van der Waals surface area contributed by atoms with Gasteiger partial charge in [-0.05, 0) is 55.5 Å². The van der Waals surface area contributed by atoms with Gasteiger partial charge in [0.2, 0.25) is 11.8 Å². The minimum atomic E-state index is -0.606. The van der Waals surface area contributed by atoms with E-state index in [-0.39, 0.29) is 30.8 Å². The van der Waals surface area contributed by atoms with Crippen LogP contribution in [-0.2, 0) is 22.6 Å². The Balaban J connectivity index is 1.80. The number of hydrogen-bond donors (Lipinski definition) is 1. The van der Waals surface area contributed by atoms with Gasteiger partial charge in [-0.1, -0.05) is 72.8 Å². The molecule has 1 aliphatic rings. The topological polar surface area (TPSA) is 49.4 Å². The highest BCUT2D eigenvalue weighted by Gasteiger charge is 2.28. The van der Waals surface area contributed by atoms with Crippen molar-refractivity contribution in [3.05, 3.63) is 69.2 Å². The summed E-state index contributed by atoms with van der Waals surface area (Å²) < 4.78 is 0. The molecule has 1 fully saturated rings. The summed E-state index contributed by atoms with van der Waals surface area (Å²) in [5, 5.41) is 4.18. The number of rotatable bonds is 7. The molecule has 3 rings (SSSR count). The van der Waals surface area contributed by atoms with E-state index in [4.69, 9.17) is 23.2 Å². The fraction of sp³-hybridized carbons (Fsp3) is 0.440. The third kappa shape index (κ3) is 6.47. The molecule has 2 aromatic carbocycles. The zero-order chi connectivity index (χ0) is 22.4. The molecule has 0 unspecified atom stereocenters. The predicted octanol–water partition coefficient (Wildman–Crippen LogP) is 5.71. The molecule has 2 aromatic rings. The molecule has 6 heteroatoms. The molecule has 1 aliphatic carbocycles. The lowest BCUT2D eigenvalue weighted by molar-refractivity contribution is -0.140. The average Bonchev–Trinajstić information content (AvgIpc) is 2.75. The lowest BCUT2D eigenvalue weighted by Crippen LogP contribution is -2.50. The third-order valence-electron chi connectivity index (χ3n) is 6.08. The van der Waals surface area contributed by atoms with E-state index in [0.717, 1.165) is 42.4 Å². The van der Waals surface area contributed by atoms with Gasteiger partial charge in [-0.3, -0.25) is 9.59 Å². The van der Waals surface area contributed by atoms with Crippen LogP contribution in [0.4, 0.5) is 0 Å². The van der Waals surface area contributed by atoms with Crippen LogP contribution in [0.1, 0.15) is 55.7 Å². The number of hydrogen-bond acceptors (Lipinski definition) is 2. The second kappa shape index (κ2) is 11.0. The van der Waals surface area contributed by atoms with Gasteiger partial charge in [0.1, 0.15) is 6.04 Å². The SMILES string of the molecule is Cc1ccccc1CC(=O)N(Cc1ccc(Cl)cc1Cl)[C@H](C)C(=O)NC1CCCCC1. The Labute approximate surface area is 194 Å². The maximum Gasteiger partial charge on any atom is 0.242 e. The Morgan fingerprint density at radius 3 is 2.45 bits per heavy atom. The van der Waals surface area contributed by atoms with Crippen LogP contribution in [0.15, 0.2) is 42.5 Å². The van der Waals surface area contributed by atoms with Crippen LogP contribution in [0.3, 0.4) is 0 Å². The summed E-state index contributed by atoms with van der Waals surface area (Å²) >= 11 is 12.4. The summed E-state index contributed by atoms with van der Waals surface area (Å²) in [4.78, 5) is 28.0. The summed E-state index contributed by atoms with van der Waals surface area (Å²) in [6.45, 7) is 4.03. The van der Waals surface area contributed by atoms with Crippen LogP contribution in [-0.4, -0.2) is 28.8 Å². The van der Waals surface area contributed by atoms with Gasteiger partial charge in [0.15, 0.2) is 0 Å². The molecule has 0 saturated heterocycles. The first-order valence-corrected chi connectivity index (χ1v) is 11.7. The molecule has 1 atom stereocenters. The first-order valence-electron chi connectivity index (χ1n) is 10.9. The molecule has 0 aliphatic heterocycles. The van der Waals surface area contributed by atoms with E-state index in [2.05, 4.69) is 5.32 Å². The summed E-state index contributed by atoms with van der Waals surface area (Å²) in [6.07, 6.45) is 5.72. The molecule has 0 heterocycles. The minimum absolute atomic E-state index is 0.105. The molecule has 166 valence electrons. The number of benzene rings is 2. The maximum atomic E-state index is 13.4. The average molecular weight is 461 g/mol. The second-order valence-corrected chi connectivity index (χ2v) is 9.22. The van der Waals surface area contributed by atoms with E-state index in [1.165, 1.54) is 6.42 Å². The molecule has 2 amide bonds. The molecule has 0 spiro atoms. The van der Waals surface area contributed by atoms with Crippen molar-refractivity contribution in [3.8, 4) is 0 Å². The lowest BCUT2D eigenvalue weighted by Gasteiger charge is -2.31. The van der Waals surface area contributed by atoms with Gasteiger partial charge >= 0.3 is 0 Å². The Morgan fingerprint density at radius 2 is 1.77 bits per heavy atom. The van der Waals surface area contributed by atoms with Crippen molar-refractivity contribution in [3.63, 3.8) is 0 Å². The smallest absolute Gasteiger partial charge is 0.242 e. The zero-order valence-electron chi connectivity index (χ0n) is 18.2. The highest BCUT2D eigenvalue weighted by atomic mass is 35.5. The van der Waals surface area contributed by atoms with Crippen LogP contribution < -0.4 is 5.32 Å². The second-order valence-electron chi connectivity index (χ2n) is 8.38. The molecular weight excluding hydrogens is 431 g/mol. The molecule has 0 radical (unpaired) electrons. The van der Waals surface area contributed by atoms with Crippen LogP contribution in [0.2, 0.25) is 10.0 Å². The van der Waals surface area contributed by atoms with Gasteiger partial charge in [0.05, 0.1) is 6.42 Å². The largest absolute Gasteiger partial charge is 0.352 e. The van der Waals surface area contributed by atoms with Crippen LogP contribution >= 0.6 is 23.2 Å². The number of halogens is 2. The van der Waals surface area contributed by atoms with Crippen molar-refractivity contribution >= 4 is 35.0 Å². The standard InChI is InChI=1S/C25H30Cl2N2O2/c1-17-8-6-7-9-19(17)14-24(30)29(16-20-12-13-21(26)15-23(20)27)18(2)25(31)28-22-10-4-3-5-11-22/h6-9,12-13,15,18,22H,3-5,10-11,14,16H2,1-2H3,(H,28,31)/t18-/m1/s1. The van der Waals surface area contributed by atoms with Gasteiger partial charge in [-0.2, -0.15) is 0 Å². The van der Waals surface area contributed by atoms with Gasteiger partial charge in [0.25, 0.3) is 0 Å². The fourth-order valence-electron chi connectivity index (χ4n) is 4.06. The van der Waals surface area contributed by atoms with Crippen LogP contribution in [0.5, 0.6) is 0 Å². The van der Waals surface area contributed by atoms with Gasteiger partial charge in [-0.15, -0.1) is 0 Å². The molecular formula is C25H30Cl2N2O2. The summed E-state index contributed by atoms with van der Waals surface area (Å²) in [5.41, 5.74) is 2.78. The first-order chi connectivity index (χ1) is 14.8. The maximum absolute atomic E-state index is 13.4. The zero-order valence-corrected chi connectivity index (χ0v) is 19.7. The van der Waals surface area contributed by atoms with Crippen molar-refractivity contribution in [1.29, 1.82) is 0 Å². The predicted molar refractivity (Wildman–Crippen MR) is 126 cm³/mol. The number of nitrogens with zero attached hydrogens (tertiary/aromatic N) is 1. The van der Waals surface area contributed by atoms with Crippen LogP contribution in [0.25, 0.3) is 0 Å². The summed E-state index contributed by atoms with van der Waals surface area (Å²) in [5.74, 6) is -0.221. The van der Waals surface area contributed by atoms with Crippen molar-refractivity contribution in [2.24, 2.45) is 0 Å². The van der Waals surface area contributed by atoms with Crippen molar-refractivity contribution in [2.75, 3.05) is 0 Å². The minimum Gasteiger partial charge on any atom is -0.352 e. The normalized spacial score (nSPS) is 15.4. The Bertz CT molecular complexity index is 925. The van der Waals surface area contributed by atoms with E-state index in [1.807, 2.05) is 37.3 Å². The van der Waals surface area contributed by atoms with Gasteiger partial charge in [0, 0.05) is 22.6 Å². The molecule has 31 heavy (non-hydrogen) atoms. The molecule has 4 nitrogen and oxygen atoms in total. The Kier molecular flexibility index (Phi) is 8.39. The number of aryl methyl sites for hydroxylation is 1. The van der Waals surface area contributed by atoms with Crippen LogP contribution in [0, 0.1) is 6.92 Å². The van der Waals surface area contributed by atoms with E-state index < -0.39 is 6.04 Å². The molecule has 1 N–H and O–H groups in total.